The Hall–Kier alpha value is -2.42. The standard InChI is InChI=1S/C21H21ClN2O5S/c1-21(14-15-4-2-3-5-18(15)19(25)29-21)20(26)23-10-12-24(13-11-23)30(27,28)17-8-6-16(22)7-9-17/h2-9H,10-14H2,1H3. The molecule has 2 heterocycles. The highest BCUT2D eigenvalue weighted by molar-refractivity contribution is 7.89. The minimum atomic E-state index is -3.67. The van der Waals surface area contributed by atoms with Crippen LogP contribution in [0.2, 0.25) is 5.02 Å². The van der Waals surface area contributed by atoms with Crippen LogP contribution in [0.1, 0.15) is 22.8 Å². The maximum atomic E-state index is 13.2. The van der Waals surface area contributed by atoms with Crippen molar-refractivity contribution in [1.82, 2.24) is 9.21 Å². The van der Waals surface area contributed by atoms with Gasteiger partial charge in [-0.3, -0.25) is 4.79 Å². The second-order valence-corrected chi connectivity index (χ2v) is 9.98. The quantitative estimate of drug-likeness (QED) is 0.673. The highest BCUT2D eigenvalue weighted by Crippen LogP contribution is 2.30. The molecule has 2 aromatic rings. The molecule has 0 saturated carbocycles. The summed E-state index contributed by atoms with van der Waals surface area (Å²) in [5.74, 6) is -0.828. The van der Waals surface area contributed by atoms with E-state index in [1.54, 1.807) is 24.0 Å². The number of halogens is 1. The summed E-state index contributed by atoms with van der Waals surface area (Å²) in [5.41, 5.74) is -0.0574. The predicted molar refractivity (Wildman–Crippen MR) is 111 cm³/mol. The molecule has 0 bridgehead atoms. The third kappa shape index (κ3) is 3.71. The van der Waals surface area contributed by atoms with E-state index in [0.29, 0.717) is 10.6 Å². The van der Waals surface area contributed by atoms with Crippen LogP contribution in [0.15, 0.2) is 53.4 Å². The van der Waals surface area contributed by atoms with Gasteiger partial charge in [0, 0.05) is 37.6 Å². The molecule has 0 aromatic heterocycles. The molecule has 0 radical (unpaired) electrons. The smallest absolute Gasteiger partial charge is 0.339 e. The molecule has 1 amide bonds. The van der Waals surface area contributed by atoms with Crippen LogP contribution in [0.25, 0.3) is 0 Å². The fourth-order valence-electron chi connectivity index (χ4n) is 3.87. The molecule has 7 nitrogen and oxygen atoms in total. The summed E-state index contributed by atoms with van der Waals surface area (Å²) in [6, 6.07) is 13.1. The number of sulfonamides is 1. The Morgan fingerprint density at radius 2 is 1.67 bits per heavy atom. The third-order valence-electron chi connectivity index (χ3n) is 5.51. The molecule has 30 heavy (non-hydrogen) atoms. The van der Waals surface area contributed by atoms with Gasteiger partial charge in [-0.1, -0.05) is 29.8 Å². The lowest BCUT2D eigenvalue weighted by Gasteiger charge is -2.40. The number of carbonyl (C=O) groups excluding carboxylic acids is 2. The zero-order valence-electron chi connectivity index (χ0n) is 16.4. The summed E-state index contributed by atoms with van der Waals surface area (Å²) in [5, 5.41) is 0.459. The summed E-state index contributed by atoms with van der Waals surface area (Å²) in [7, 11) is -3.67. The monoisotopic (exact) mass is 448 g/mol. The third-order valence-corrected chi connectivity index (χ3v) is 7.68. The zero-order valence-corrected chi connectivity index (χ0v) is 17.9. The number of ether oxygens (including phenoxy) is 1. The Labute approximate surface area is 180 Å². The first-order valence-corrected chi connectivity index (χ1v) is 11.4. The van der Waals surface area contributed by atoms with E-state index in [2.05, 4.69) is 0 Å². The van der Waals surface area contributed by atoms with E-state index in [0.717, 1.165) is 5.56 Å². The Kier molecular flexibility index (Phi) is 5.34. The van der Waals surface area contributed by atoms with Crippen molar-refractivity contribution in [2.24, 2.45) is 0 Å². The molecule has 1 fully saturated rings. The van der Waals surface area contributed by atoms with E-state index >= 15 is 0 Å². The molecule has 0 aliphatic carbocycles. The van der Waals surface area contributed by atoms with Gasteiger partial charge in [-0.15, -0.1) is 0 Å². The number of fused-ring (bicyclic) bond motifs is 1. The lowest BCUT2D eigenvalue weighted by molar-refractivity contribution is -0.152. The molecular formula is C21H21ClN2O5S. The van der Waals surface area contributed by atoms with Gasteiger partial charge in [0.05, 0.1) is 10.5 Å². The van der Waals surface area contributed by atoms with Crippen LogP contribution in [-0.2, 0) is 26.0 Å². The summed E-state index contributed by atoms with van der Waals surface area (Å²) in [6.07, 6.45) is 0.289. The van der Waals surface area contributed by atoms with Crippen molar-refractivity contribution in [2.75, 3.05) is 26.2 Å². The fourth-order valence-corrected chi connectivity index (χ4v) is 5.42. The second kappa shape index (κ2) is 7.68. The SMILES string of the molecule is CC1(C(=O)N2CCN(S(=O)(=O)c3ccc(Cl)cc3)CC2)Cc2ccccc2C(=O)O1. The molecule has 2 aliphatic heterocycles. The molecular weight excluding hydrogens is 428 g/mol. The number of hydrogen-bond donors (Lipinski definition) is 0. The van der Waals surface area contributed by atoms with Gasteiger partial charge in [0.2, 0.25) is 10.0 Å². The van der Waals surface area contributed by atoms with Gasteiger partial charge in [-0.05, 0) is 42.8 Å². The van der Waals surface area contributed by atoms with Crippen LogP contribution in [0, 0.1) is 0 Å². The Morgan fingerprint density at radius 1 is 1.03 bits per heavy atom. The van der Waals surface area contributed by atoms with Crippen molar-refractivity contribution >= 4 is 33.5 Å². The first kappa shape index (κ1) is 20.8. The normalized spacial score (nSPS) is 22.3. The number of nitrogens with zero attached hydrogens (tertiary/aromatic N) is 2. The van der Waals surface area contributed by atoms with Crippen LogP contribution in [0.5, 0.6) is 0 Å². The van der Waals surface area contributed by atoms with Crippen molar-refractivity contribution in [3.05, 3.63) is 64.7 Å². The van der Waals surface area contributed by atoms with Gasteiger partial charge >= 0.3 is 5.97 Å². The average Bonchev–Trinajstić information content (AvgIpc) is 2.73. The van der Waals surface area contributed by atoms with E-state index in [9.17, 15) is 18.0 Å². The molecule has 1 atom stereocenters. The number of piperazine rings is 1. The minimum absolute atomic E-state index is 0.163. The maximum Gasteiger partial charge on any atom is 0.339 e. The molecule has 158 valence electrons. The first-order chi connectivity index (χ1) is 14.2. The van der Waals surface area contributed by atoms with Gasteiger partial charge < -0.3 is 9.64 Å². The molecule has 2 aliphatic rings. The molecule has 9 heteroatoms. The maximum absolute atomic E-state index is 13.2. The number of benzene rings is 2. The summed E-state index contributed by atoms with van der Waals surface area (Å²) < 4.78 is 32.5. The first-order valence-electron chi connectivity index (χ1n) is 9.57. The van der Waals surface area contributed by atoms with Crippen molar-refractivity contribution in [3.63, 3.8) is 0 Å². The van der Waals surface area contributed by atoms with E-state index < -0.39 is 21.6 Å². The summed E-state index contributed by atoms with van der Waals surface area (Å²) >= 11 is 5.84. The second-order valence-electron chi connectivity index (χ2n) is 7.60. The number of esters is 1. The van der Waals surface area contributed by atoms with Gasteiger partial charge in [0.1, 0.15) is 0 Å². The highest BCUT2D eigenvalue weighted by Gasteiger charge is 2.45. The molecule has 4 rings (SSSR count). The molecule has 1 unspecified atom stereocenters. The predicted octanol–water partition coefficient (Wildman–Crippen LogP) is 2.34. The minimum Gasteiger partial charge on any atom is -0.445 e. The van der Waals surface area contributed by atoms with Gasteiger partial charge in [-0.25, -0.2) is 13.2 Å². The Bertz CT molecular complexity index is 1090. The molecule has 0 spiro atoms. The van der Waals surface area contributed by atoms with E-state index in [-0.39, 0.29) is 43.4 Å². The van der Waals surface area contributed by atoms with E-state index in [1.807, 2.05) is 12.1 Å². The molecule has 2 aromatic carbocycles. The number of cyclic esters (lactones) is 1. The van der Waals surface area contributed by atoms with Gasteiger partial charge in [-0.2, -0.15) is 4.31 Å². The van der Waals surface area contributed by atoms with E-state index in [4.69, 9.17) is 16.3 Å². The zero-order chi connectivity index (χ0) is 21.5. The largest absolute Gasteiger partial charge is 0.445 e. The van der Waals surface area contributed by atoms with Crippen molar-refractivity contribution < 1.29 is 22.7 Å². The van der Waals surface area contributed by atoms with Crippen LogP contribution >= 0.6 is 11.6 Å². The van der Waals surface area contributed by atoms with Crippen molar-refractivity contribution in [2.45, 2.75) is 23.8 Å². The average molecular weight is 449 g/mol. The van der Waals surface area contributed by atoms with Crippen LogP contribution < -0.4 is 0 Å². The number of rotatable bonds is 3. The van der Waals surface area contributed by atoms with Crippen molar-refractivity contribution in [1.29, 1.82) is 0 Å². The summed E-state index contributed by atoms with van der Waals surface area (Å²) in [4.78, 5) is 27.3. The fraction of sp³-hybridized carbons (Fsp3) is 0.333. The topological polar surface area (TPSA) is 84.0 Å². The summed E-state index contributed by atoms with van der Waals surface area (Å²) in [6.45, 7) is 2.38. The van der Waals surface area contributed by atoms with E-state index in [1.165, 1.54) is 28.6 Å². The molecule has 1 saturated heterocycles. The number of carbonyl (C=O) groups is 2. The lowest BCUT2D eigenvalue weighted by atomic mass is 9.89. The Morgan fingerprint density at radius 3 is 2.33 bits per heavy atom. The number of amides is 1. The Balaban J connectivity index is 1.46. The van der Waals surface area contributed by atoms with Crippen LogP contribution in [0.4, 0.5) is 0 Å². The highest BCUT2D eigenvalue weighted by atomic mass is 35.5. The lowest BCUT2D eigenvalue weighted by Crippen LogP contribution is -2.58. The molecule has 0 N–H and O–H groups in total. The van der Waals surface area contributed by atoms with Gasteiger partial charge in [0.15, 0.2) is 5.60 Å². The van der Waals surface area contributed by atoms with Crippen LogP contribution in [-0.4, -0.2) is 61.3 Å². The number of hydrogen-bond acceptors (Lipinski definition) is 5. The van der Waals surface area contributed by atoms with Gasteiger partial charge in [0.25, 0.3) is 5.91 Å². The van der Waals surface area contributed by atoms with Crippen LogP contribution in [0.3, 0.4) is 0 Å². The van der Waals surface area contributed by atoms with Crippen molar-refractivity contribution in [3.8, 4) is 0 Å².